The Bertz CT molecular complexity index is 1100. The van der Waals surface area contributed by atoms with Crippen molar-refractivity contribution in [3.05, 3.63) is 84.4 Å². The van der Waals surface area contributed by atoms with Crippen molar-refractivity contribution in [3.63, 3.8) is 0 Å². The monoisotopic (exact) mass is 373 g/mol. The molecular formula is C23H19NO2S. The normalized spacial score (nSPS) is 10.9. The minimum Gasteiger partial charge on any atom is -0.465 e. The van der Waals surface area contributed by atoms with Crippen molar-refractivity contribution in [3.8, 4) is 11.3 Å². The average molecular weight is 373 g/mol. The lowest BCUT2D eigenvalue weighted by atomic mass is 10.1. The van der Waals surface area contributed by atoms with Gasteiger partial charge in [-0.3, -0.25) is 0 Å². The van der Waals surface area contributed by atoms with Crippen LogP contribution in [0.5, 0.6) is 0 Å². The lowest BCUT2D eigenvalue weighted by molar-refractivity contribution is 0.0601. The van der Waals surface area contributed by atoms with Crippen molar-refractivity contribution in [2.75, 3.05) is 7.11 Å². The second-order valence-electron chi connectivity index (χ2n) is 6.24. The van der Waals surface area contributed by atoms with Gasteiger partial charge in [-0.05, 0) is 35.9 Å². The third kappa shape index (κ3) is 3.24. The molecule has 4 aromatic rings. The number of rotatable bonds is 4. The minimum absolute atomic E-state index is 0.322. The molecule has 4 rings (SSSR count). The molecule has 0 atom stereocenters. The third-order valence-electron chi connectivity index (χ3n) is 4.58. The smallest absolute Gasteiger partial charge is 0.337 e. The number of hydrogen-bond donors (Lipinski definition) is 0. The summed E-state index contributed by atoms with van der Waals surface area (Å²) in [6.45, 7) is 0. The van der Waals surface area contributed by atoms with Crippen LogP contribution >= 0.6 is 11.8 Å². The summed E-state index contributed by atoms with van der Waals surface area (Å²) < 4.78 is 7.10. The first-order valence-corrected chi connectivity index (χ1v) is 9.50. The van der Waals surface area contributed by atoms with Gasteiger partial charge in [0.25, 0.3) is 0 Å². The zero-order chi connectivity index (χ0) is 18.8. The lowest BCUT2D eigenvalue weighted by Gasteiger charge is -2.08. The quantitative estimate of drug-likeness (QED) is 0.425. The van der Waals surface area contributed by atoms with E-state index in [0.717, 1.165) is 32.0 Å². The number of carbonyl (C=O) groups excluding carboxylic acids is 1. The maximum atomic E-state index is 12.1. The highest BCUT2D eigenvalue weighted by atomic mass is 32.2. The van der Waals surface area contributed by atoms with Crippen molar-refractivity contribution in [1.82, 2.24) is 4.57 Å². The number of esters is 1. The molecule has 1 aromatic heterocycles. The van der Waals surface area contributed by atoms with Gasteiger partial charge < -0.3 is 9.30 Å². The lowest BCUT2D eigenvalue weighted by Crippen LogP contribution is -2.00. The summed E-state index contributed by atoms with van der Waals surface area (Å²) >= 11 is 1.71. The summed E-state index contributed by atoms with van der Waals surface area (Å²) in [5.41, 5.74) is 3.93. The van der Waals surface area contributed by atoms with Crippen LogP contribution in [0.15, 0.2) is 88.7 Å². The Morgan fingerprint density at radius 1 is 0.926 bits per heavy atom. The van der Waals surface area contributed by atoms with Gasteiger partial charge in [-0.2, -0.15) is 0 Å². The van der Waals surface area contributed by atoms with Crippen molar-refractivity contribution in [2.45, 2.75) is 9.79 Å². The Balaban J connectivity index is 1.98. The predicted molar refractivity (Wildman–Crippen MR) is 110 cm³/mol. The highest BCUT2D eigenvalue weighted by molar-refractivity contribution is 7.99. The van der Waals surface area contributed by atoms with Gasteiger partial charge in [0, 0.05) is 27.7 Å². The fraction of sp³-hybridized carbons (Fsp3) is 0.0870. The molecular weight excluding hydrogens is 354 g/mol. The average Bonchev–Trinajstić information content (AvgIpc) is 3.00. The van der Waals surface area contributed by atoms with E-state index in [9.17, 15) is 4.79 Å². The van der Waals surface area contributed by atoms with E-state index in [2.05, 4.69) is 35.9 Å². The second-order valence-corrected chi connectivity index (χ2v) is 7.33. The number of aromatic nitrogens is 1. The largest absolute Gasteiger partial charge is 0.465 e. The van der Waals surface area contributed by atoms with Crippen LogP contribution in [0.1, 0.15) is 10.4 Å². The molecule has 0 aliphatic rings. The highest BCUT2D eigenvalue weighted by Gasteiger charge is 2.19. The maximum absolute atomic E-state index is 12.1. The van der Waals surface area contributed by atoms with Gasteiger partial charge in [0.1, 0.15) is 0 Å². The summed E-state index contributed by atoms with van der Waals surface area (Å²) in [4.78, 5) is 14.3. The van der Waals surface area contributed by atoms with Crippen LogP contribution in [0.2, 0.25) is 0 Å². The molecule has 1 heterocycles. The number of methoxy groups -OCH3 is 1. The molecule has 4 heteroatoms. The zero-order valence-corrected chi connectivity index (χ0v) is 16.0. The highest BCUT2D eigenvalue weighted by Crippen LogP contribution is 2.43. The SMILES string of the molecule is COC(=O)c1ccc2c(c1)c(Sc1ccccc1)c(-c1ccccc1)n2C. The Labute approximate surface area is 162 Å². The molecule has 27 heavy (non-hydrogen) atoms. The van der Waals surface area contributed by atoms with Gasteiger partial charge in [-0.25, -0.2) is 4.79 Å². The zero-order valence-electron chi connectivity index (χ0n) is 15.2. The van der Waals surface area contributed by atoms with Crippen LogP contribution in [-0.2, 0) is 11.8 Å². The maximum Gasteiger partial charge on any atom is 0.337 e. The molecule has 134 valence electrons. The molecule has 0 saturated heterocycles. The Hall–Kier alpha value is -2.98. The van der Waals surface area contributed by atoms with E-state index >= 15 is 0 Å². The van der Waals surface area contributed by atoms with Crippen LogP contribution in [0.3, 0.4) is 0 Å². The van der Waals surface area contributed by atoms with Gasteiger partial charge in [0.05, 0.1) is 18.4 Å². The summed E-state index contributed by atoms with van der Waals surface area (Å²) in [5.74, 6) is -0.322. The van der Waals surface area contributed by atoms with Gasteiger partial charge in [0.2, 0.25) is 0 Å². The second kappa shape index (κ2) is 7.33. The van der Waals surface area contributed by atoms with Crippen molar-refractivity contribution in [1.29, 1.82) is 0 Å². The fourth-order valence-electron chi connectivity index (χ4n) is 3.29. The summed E-state index contributed by atoms with van der Waals surface area (Å²) in [7, 11) is 3.48. The molecule has 0 aliphatic carbocycles. The van der Waals surface area contributed by atoms with Gasteiger partial charge in [-0.15, -0.1) is 0 Å². The first-order valence-electron chi connectivity index (χ1n) is 8.68. The molecule has 0 radical (unpaired) electrons. The van der Waals surface area contributed by atoms with Crippen molar-refractivity contribution in [2.24, 2.45) is 7.05 Å². The molecule has 0 aliphatic heterocycles. The Kier molecular flexibility index (Phi) is 4.73. The van der Waals surface area contributed by atoms with Gasteiger partial charge in [0.15, 0.2) is 0 Å². The van der Waals surface area contributed by atoms with E-state index in [0.29, 0.717) is 5.56 Å². The van der Waals surface area contributed by atoms with Crippen LogP contribution in [-0.4, -0.2) is 17.6 Å². The Morgan fingerprint density at radius 3 is 2.26 bits per heavy atom. The topological polar surface area (TPSA) is 31.2 Å². The molecule has 0 spiro atoms. The van der Waals surface area contributed by atoms with Crippen LogP contribution in [0, 0.1) is 0 Å². The molecule has 0 N–H and O–H groups in total. The molecule has 0 fully saturated rings. The fourth-order valence-corrected chi connectivity index (χ4v) is 4.44. The number of ether oxygens (including phenoxy) is 1. The number of benzene rings is 3. The molecule has 0 unspecified atom stereocenters. The standard InChI is InChI=1S/C23H19NO2S/c1-24-20-14-13-17(23(25)26-2)15-19(20)22(27-18-11-7-4-8-12-18)21(24)16-9-5-3-6-10-16/h3-15H,1-2H3. The van der Waals surface area contributed by atoms with E-state index < -0.39 is 0 Å². The van der Waals surface area contributed by atoms with Crippen molar-refractivity contribution >= 4 is 28.6 Å². The summed E-state index contributed by atoms with van der Waals surface area (Å²) in [6.07, 6.45) is 0. The Morgan fingerprint density at radius 2 is 1.59 bits per heavy atom. The molecule has 3 aromatic carbocycles. The number of carbonyl (C=O) groups is 1. The summed E-state index contributed by atoms with van der Waals surface area (Å²) in [5, 5.41) is 1.05. The van der Waals surface area contributed by atoms with Crippen LogP contribution in [0.4, 0.5) is 0 Å². The third-order valence-corrected chi connectivity index (χ3v) is 5.71. The number of aryl methyl sites for hydroxylation is 1. The minimum atomic E-state index is -0.322. The van der Waals surface area contributed by atoms with Gasteiger partial charge in [-0.1, -0.05) is 60.3 Å². The van der Waals surface area contributed by atoms with E-state index in [1.54, 1.807) is 11.8 Å². The molecule has 0 amide bonds. The van der Waals surface area contributed by atoms with Gasteiger partial charge >= 0.3 is 5.97 Å². The first-order chi connectivity index (χ1) is 13.2. The van der Waals surface area contributed by atoms with E-state index in [-0.39, 0.29) is 5.97 Å². The van der Waals surface area contributed by atoms with Crippen molar-refractivity contribution < 1.29 is 9.53 Å². The molecule has 0 bridgehead atoms. The molecule has 0 saturated carbocycles. The van der Waals surface area contributed by atoms with E-state index in [1.807, 2.05) is 54.6 Å². The number of nitrogens with zero attached hydrogens (tertiary/aromatic N) is 1. The van der Waals surface area contributed by atoms with E-state index in [4.69, 9.17) is 4.74 Å². The first kappa shape index (κ1) is 17.4. The van der Waals surface area contributed by atoms with E-state index in [1.165, 1.54) is 7.11 Å². The van der Waals surface area contributed by atoms with Crippen LogP contribution < -0.4 is 0 Å². The summed E-state index contributed by atoms with van der Waals surface area (Å²) in [6, 6.07) is 26.4. The predicted octanol–water partition coefficient (Wildman–Crippen LogP) is 5.78. The number of hydrogen-bond acceptors (Lipinski definition) is 3. The van der Waals surface area contributed by atoms with Crippen LogP contribution in [0.25, 0.3) is 22.2 Å². The molecule has 3 nitrogen and oxygen atoms in total. The number of fused-ring (bicyclic) bond motifs is 1.